The van der Waals surface area contributed by atoms with Gasteiger partial charge >= 0.3 is 0 Å². The van der Waals surface area contributed by atoms with Crippen LogP contribution in [0.3, 0.4) is 0 Å². The Morgan fingerprint density at radius 3 is 1.26 bits per heavy atom. The van der Waals surface area contributed by atoms with E-state index in [1.165, 1.54) is 88.9 Å². The molecule has 0 saturated heterocycles. The van der Waals surface area contributed by atoms with Crippen molar-refractivity contribution in [1.29, 1.82) is 15.8 Å². The zero-order valence-corrected chi connectivity index (χ0v) is 51.6. The van der Waals surface area contributed by atoms with Gasteiger partial charge in [-0.2, -0.15) is 15.8 Å². The van der Waals surface area contributed by atoms with Gasteiger partial charge in [0.05, 0.1) is 64.1 Å². The molecule has 24 heteroatoms. The number of nitrogen functional groups attached to an aromatic ring is 1. The van der Waals surface area contributed by atoms with Crippen molar-refractivity contribution in [2.75, 3.05) is 32.3 Å². The lowest BCUT2D eigenvalue weighted by atomic mass is 10.1. The number of primary amides is 2. The van der Waals surface area contributed by atoms with Crippen LogP contribution in [-0.2, 0) is 0 Å². The topological polar surface area (TPSA) is 334 Å². The minimum Gasteiger partial charge on any atom is -0.399 e. The molecule has 4 heterocycles. The highest BCUT2D eigenvalue weighted by Gasteiger charge is 2.19. The Morgan fingerprint density at radius 2 is 0.857 bits per heavy atom. The van der Waals surface area contributed by atoms with Crippen LogP contribution in [0.5, 0.6) is 0 Å². The largest absolute Gasteiger partial charge is 0.399 e. The van der Waals surface area contributed by atoms with Crippen LogP contribution < -0.4 is 49.5 Å². The van der Waals surface area contributed by atoms with Crippen molar-refractivity contribution in [2.24, 2.45) is 17.2 Å². The fraction of sp³-hybridized carbons (Fsp3) is 0.224. The average molecular weight is 1270 g/mol. The molecular weight excluding hydrogens is 1210 g/mol. The Labute approximate surface area is 543 Å². The molecule has 0 atom stereocenters. The van der Waals surface area contributed by atoms with Crippen molar-refractivity contribution >= 4 is 115 Å². The smallest absolute Gasteiger partial charge is 0.252 e. The van der Waals surface area contributed by atoms with E-state index in [0.29, 0.717) is 107 Å². The van der Waals surface area contributed by atoms with Crippen LogP contribution >= 0.6 is 34.8 Å². The van der Waals surface area contributed by atoms with Gasteiger partial charge in [-0.25, -0.2) is 34.5 Å². The molecule has 0 unspecified atom stereocenters. The first-order valence-electron chi connectivity index (χ1n) is 28.6. The summed E-state index contributed by atoms with van der Waals surface area (Å²) in [6, 6.07) is 41.8. The number of hydrogen-bond donors (Lipinski definition) is 9. The molecule has 8 aromatic rings. The Hall–Kier alpha value is -11.0. The highest BCUT2D eigenvalue weighted by Crippen LogP contribution is 2.30. The number of benzene rings is 4. The predicted octanol–water partition coefficient (Wildman–Crippen LogP) is 15.8. The maximum absolute atomic E-state index is 11.7. The second kappa shape index (κ2) is 36.3. The van der Waals surface area contributed by atoms with Crippen LogP contribution in [0.1, 0.15) is 114 Å². The molecule has 4 aromatic heterocycles. The third-order valence-corrected chi connectivity index (χ3v) is 14.7. The number of nitrogens with zero attached hydrogens (tertiary/aromatic N) is 10. The summed E-state index contributed by atoms with van der Waals surface area (Å²) in [5.74, 6) is 0.442. The molecule has 460 valence electrons. The number of aromatic nitrogens is 4. The van der Waals surface area contributed by atoms with E-state index in [1.54, 1.807) is 103 Å². The summed E-state index contributed by atoms with van der Waals surface area (Å²) in [4.78, 5) is 48.8. The van der Waals surface area contributed by atoms with E-state index in [-0.39, 0.29) is 0 Å². The number of rotatable bonds is 12. The standard InChI is InChI=1S/C18H21N5O2.C18H17N5.C13H7ClN4.C7H6N2.C6H2Cl2N2.C5H11N/c19-17(24)11-5-7-13(8-6-11)22-15-9-16(21-10-14(15)18(20)25)23-12-3-1-2-4-12;1-20-14-6-8-16(9-7-14)22-17-10-18(21-12-13(17)11-19)23-15-4-2-3-5-15;1-16-10-2-4-11(5-3-10)18-12-6-13(14)17-8-9(12)7-15;1-9-7-4-2-6(8)3-5-7;7-5-1-6(8)10-3-4(5)2-9;6-5-3-1-2-4-5/h5-10,12H,1-4H2,(H2,19,24)(H2,20,25)(H2,21,22,23);6-10,12,15H,2-5H2,(H2,21,22,23);2-6,8H,(H,17,18);2-5H,8H2;1,3H;5H,1-4,6H2. The van der Waals surface area contributed by atoms with Gasteiger partial charge in [-0.3, -0.25) is 9.59 Å². The average Bonchev–Trinajstić information content (AvgIpc) is 2.06. The Morgan fingerprint density at radius 1 is 0.484 bits per heavy atom. The number of nitrogens with two attached hydrogens (primary N) is 4. The molecule has 3 saturated carbocycles. The van der Waals surface area contributed by atoms with Gasteiger partial charge in [-0.15, -0.1) is 0 Å². The van der Waals surface area contributed by atoms with Gasteiger partial charge in [0.1, 0.15) is 40.1 Å². The minimum absolute atomic E-state index is 0.295. The quantitative estimate of drug-likeness (QED) is 0.0312. The van der Waals surface area contributed by atoms with E-state index in [2.05, 4.69) is 67.1 Å². The molecule has 2 amide bonds. The summed E-state index contributed by atoms with van der Waals surface area (Å²) < 4.78 is 0. The van der Waals surface area contributed by atoms with Crippen LogP contribution in [-0.4, -0.2) is 49.9 Å². The zero-order valence-electron chi connectivity index (χ0n) is 49.3. The lowest BCUT2D eigenvalue weighted by Crippen LogP contribution is -2.18. The molecule has 13 N–H and O–H groups in total. The molecule has 0 radical (unpaired) electrons. The van der Waals surface area contributed by atoms with Crippen molar-refractivity contribution < 1.29 is 9.59 Å². The lowest BCUT2D eigenvalue weighted by Gasteiger charge is -2.16. The summed E-state index contributed by atoms with van der Waals surface area (Å²) >= 11 is 16.8. The van der Waals surface area contributed by atoms with Crippen LogP contribution in [0, 0.1) is 53.7 Å². The molecule has 0 spiro atoms. The summed E-state index contributed by atoms with van der Waals surface area (Å²) in [6.45, 7) is 20.4. The van der Waals surface area contributed by atoms with Gasteiger partial charge in [0.2, 0.25) is 5.91 Å². The normalized spacial score (nSPS) is 12.8. The maximum atomic E-state index is 11.7. The first-order valence-corrected chi connectivity index (χ1v) is 29.8. The van der Waals surface area contributed by atoms with Crippen LogP contribution in [0.4, 0.5) is 68.5 Å². The summed E-state index contributed by atoms with van der Waals surface area (Å²) in [5.41, 5.74) is 30.3. The van der Waals surface area contributed by atoms with E-state index in [0.717, 1.165) is 35.7 Å². The fourth-order valence-corrected chi connectivity index (χ4v) is 9.73. The summed E-state index contributed by atoms with van der Waals surface area (Å²) in [7, 11) is 0. The second-order valence-electron chi connectivity index (χ2n) is 20.6. The lowest BCUT2D eigenvalue weighted by molar-refractivity contribution is 0.0992. The van der Waals surface area contributed by atoms with Gasteiger partial charge in [0.15, 0.2) is 17.1 Å². The number of anilines is 9. The SMILES string of the molecule is N#Cc1cnc(Cl)cc1Cl.NC(=O)c1ccc(Nc2cc(NC3CCCC3)ncc2C(N)=O)cc1.NC1CCCC1.[C-]#[N+]c1ccc(N)cc1.[C-]#[N+]c1ccc(Nc2cc(Cl)ncc2C#N)cc1.[C-]#[N+]c1ccc(Nc2cc(NC3CCCC3)ncc2C#N)cc1. The van der Waals surface area contributed by atoms with Crippen molar-refractivity contribution in [3.8, 4) is 18.2 Å². The minimum atomic E-state index is -0.559. The van der Waals surface area contributed by atoms with Crippen molar-refractivity contribution in [3.05, 3.63) is 224 Å². The third-order valence-electron chi connectivity index (χ3n) is 14.0. The number of pyridine rings is 4. The number of carbonyl (C=O) groups excluding carboxylic acids is 2. The number of hydrogen-bond acceptors (Lipinski definition) is 16. The third kappa shape index (κ3) is 23.2. The number of carbonyl (C=O) groups is 2. The second-order valence-corrected chi connectivity index (χ2v) is 21.8. The Balaban J connectivity index is 0.000000184. The highest BCUT2D eigenvalue weighted by molar-refractivity contribution is 6.34. The van der Waals surface area contributed by atoms with Gasteiger partial charge in [-0.05, 0) is 105 Å². The number of nitrogens with one attached hydrogen (secondary N) is 5. The first-order chi connectivity index (χ1) is 44.0. The Bertz CT molecular complexity index is 3980. The van der Waals surface area contributed by atoms with Gasteiger partial charge in [0, 0.05) is 89.4 Å². The molecule has 0 bridgehead atoms. The molecule has 21 nitrogen and oxygen atoms in total. The molecule has 3 fully saturated rings. The summed E-state index contributed by atoms with van der Waals surface area (Å²) in [5, 5.41) is 43.8. The van der Waals surface area contributed by atoms with Gasteiger partial charge in [0.25, 0.3) is 5.91 Å². The maximum Gasteiger partial charge on any atom is 0.252 e. The molecule has 0 aliphatic heterocycles. The van der Waals surface area contributed by atoms with Crippen LogP contribution in [0.2, 0.25) is 15.3 Å². The highest BCUT2D eigenvalue weighted by atomic mass is 35.5. The number of amides is 2. The van der Waals surface area contributed by atoms with E-state index in [9.17, 15) is 14.9 Å². The van der Waals surface area contributed by atoms with Crippen LogP contribution in [0.25, 0.3) is 14.5 Å². The molecule has 91 heavy (non-hydrogen) atoms. The van der Waals surface area contributed by atoms with E-state index in [1.807, 2.05) is 30.3 Å². The number of halogens is 3. The van der Waals surface area contributed by atoms with Crippen molar-refractivity contribution in [2.45, 2.75) is 95.2 Å². The fourth-order valence-electron chi connectivity index (χ4n) is 9.16. The zero-order chi connectivity index (χ0) is 65.5. The van der Waals surface area contributed by atoms with Gasteiger partial charge < -0.3 is 49.5 Å². The summed E-state index contributed by atoms with van der Waals surface area (Å²) in [6.07, 6.45) is 20.6. The number of nitriles is 3. The van der Waals surface area contributed by atoms with Crippen molar-refractivity contribution in [1.82, 2.24) is 19.9 Å². The van der Waals surface area contributed by atoms with E-state index in [4.69, 9.17) is 88.0 Å². The predicted molar refractivity (Wildman–Crippen MR) is 360 cm³/mol. The van der Waals surface area contributed by atoms with E-state index >= 15 is 0 Å². The van der Waals surface area contributed by atoms with Crippen LogP contribution in [0.15, 0.2) is 146 Å². The first kappa shape index (κ1) is 69.1. The van der Waals surface area contributed by atoms with Gasteiger partial charge in [-0.1, -0.05) is 110 Å². The van der Waals surface area contributed by atoms with Crippen molar-refractivity contribution in [3.63, 3.8) is 0 Å². The molecule has 3 aliphatic rings. The van der Waals surface area contributed by atoms with E-state index < -0.39 is 11.8 Å². The molecule has 4 aromatic carbocycles. The Kier molecular flexibility index (Phi) is 27.6. The molecule has 11 rings (SSSR count). The monoisotopic (exact) mass is 1270 g/mol. The molecular formula is C67H64Cl3N19O2. The molecule has 3 aliphatic carbocycles.